The summed E-state index contributed by atoms with van der Waals surface area (Å²) < 4.78 is 63.6. The van der Waals surface area contributed by atoms with Gasteiger partial charge in [-0.25, -0.2) is 8.42 Å². The molecule has 3 aliphatic rings. The highest BCUT2D eigenvalue weighted by Crippen LogP contribution is 2.44. The Hall–Kier alpha value is -7.44. The van der Waals surface area contributed by atoms with Gasteiger partial charge in [0.1, 0.15) is 36.3 Å². The van der Waals surface area contributed by atoms with Crippen LogP contribution in [0.4, 0.5) is 0 Å². The van der Waals surface area contributed by atoms with E-state index in [1.165, 1.54) is 17.7 Å². The van der Waals surface area contributed by atoms with Gasteiger partial charge in [-0.3, -0.25) is 29.1 Å². The normalized spacial score (nSPS) is 26.8. The van der Waals surface area contributed by atoms with Gasteiger partial charge in [0.2, 0.25) is 9.84 Å². The lowest BCUT2D eigenvalue weighted by Gasteiger charge is -2.40. The molecule has 1 fully saturated rings. The minimum atomic E-state index is -3.59. The third kappa shape index (κ3) is 24.8. The van der Waals surface area contributed by atoms with E-state index in [0.717, 1.165) is 54.5 Å². The summed E-state index contributed by atoms with van der Waals surface area (Å²) in [5, 5.41) is 32.2. The van der Waals surface area contributed by atoms with Gasteiger partial charge in [0.05, 0.1) is 42.1 Å². The zero-order valence-corrected chi connectivity index (χ0v) is 61.4. The number of aldehydes is 1. The van der Waals surface area contributed by atoms with Crippen molar-refractivity contribution in [1.82, 2.24) is 30.2 Å². The quantitative estimate of drug-likeness (QED) is 0.0148. The van der Waals surface area contributed by atoms with Gasteiger partial charge in [-0.15, -0.1) is 0 Å². The van der Waals surface area contributed by atoms with Crippen molar-refractivity contribution in [3.63, 3.8) is 0 Å². The number of esters is 3. The van der Waals surface area contributed by atoms with Crippen LogP contribution in [0.2, 0.25) is 18.1 Å². The molecule has 98 heavy (non-hydrogen) atoms. The second-order valence-electron chi connectivity index (χ2n) is 28.2. The van der Waals surface area contributed by atoms with Gasteiger partial charge >= 0.3 is 17.9 Å². The predicted molar refractivity (Wildman–Crippen MR) is 379 cm³/mol. The van der Waals surface area contributed by atoms with Gasteiger partial charge in [0.15, 0.2) is 14.6 Å². The Morgan fingerprint density at radius 2 is 1.35 bits per heavy atom. The van der Waals surface area contributed by atoms with Crippen molar-refractivity contribution in [2.24, 2.45) is 23.7 Å². The molecular formula is C76H104N6O14SSi. The molecule has 20 nitrogen and oxygen atoms in total. The maximum absolute atomic E-state index is 13.2. The number of aromatic nitrogens is 6. The first kappa shape index (κ1) is 79.5. The Bertz CT molecular complexity index is 3600. The number of allylic oxidation sites excluding steroid dienone is 4. The number of aliphatic hydroxyl groups excluding tert-OH is 1. The molecule has 532 valence electrons. The molecule has 3 aliphatic heterocycles. The first-order chi connectivity index (χ1) is 46.3. The number of tetrazole rings is 1. The number of hydrogen-bond donors (Lipinski definition) is 2. The number of aliphatic hydroxyl groups is 2. The van der Waals surface area contributed by atoms with Crippen LogP contribution >= 0.6 is 0 Å². The minimum absolute atomic E-state index is 0.00147. The average molecular weight is 1390 g/mol. The standard InChI is InChI=1S/C30H44O6Si.C29H41NO6.C17H19N5O2S/c1-21-14-15-25-30(6,35-28(33-25)23-12-10-9-11-13-23)18-16-24(36-37(7,8)29(3,4)5)20-26(32)34-27(21)22(2)17-19-31;1-20(12-14-24-11-6-7-18-30-24)9-8-10-21(2)28-22(3)13-15-26(35-23(4)31)29(5,34)17-16-25(32)19-27(33)36-28;1-14(10-11-15-7-5-6-12-18-15)13-25(23,24)17-19-20-21-22(17)16-8-3-2-4-9-16/h9-15,17,19,21,24-25,27-28H,16,18,20H2,1-8H3;6-11,13,15,18,20,22,25-26,28,32,34H,12,14,16-17,19H2,1-5H3;2-9,12,14H,10-11,13H2,1H3/b15-14+,22-17+;9-8+,15-13+,21-10+;/t21-,24+,25-,27-,28?,30+;20?,22-,25+,26-,28+,29+;/m00./s1. The number of benzene rings is 2. The number of sulfone groups is 1. The topological polar surface area (TPSA) is 268 Å². The van der Waals surface area contributed by atoms with Crippen molar-refractivity contribution in [3.8, 4) is 5.69 Å². The van der Waals surface area contributed by atoms with E-state index < -0.39 is 72.0 Å². The SMILES string of the molecule is C/C(=C\C=O)[C@H]1OC(=O)C[C@H](O[Si](C)(C)C(C)(C)C)CC[C@@]2(C)OC(c3ccccc3)O[C@H]2/C=C/[C@@H]1C.CC(=O)O[C@H]1/C=C/[C@H](C)[C@@H](/C(C)=C/C=C/C(C)CCc2ccccn2)OC(=O)C[C@H](O)CC[C@@]1(C)O.CC(CCc1ccccn1)CS(=O)(=O)c1nnnn1-c1ccccc1. The molecule has 1 saturated heterocycles. The molecule has 22 heteroatoms. The van der Waals surface area contributed by atoms with E-state index in [4.69, 9.17) is 28.1 Å². The molecule has 2 aromatic carbocycles. The lowest BCUT2D eigenvalue weighted by Crippen LogP contribution is -2.45. The van der Waals surface area contributed by atoms with Crippen molar-refractivity contribution >= 4 is 42.3 Å². The third-order valence-electron chi connectivity index (χ3n) is 18.3. The van der Waals surface area contributed by atoms with E-state index in [0.29, 0.717) is 30.0 Å². The number of fused-ring (bicyclic) bond motifs is 1. The molecule has 0 aliphatic carbocycles. The largest absolute Gasteiger partial charge is 0.457 e. The average Bonchev–Trinajstić information content (AvgIpc) is 1.73. The summed E-state index contributed by atoms with van der Waals surface area (Å²) in [6, 6.07) is 30.6. The van der Waals surface area contributed by atoms with Gasteiger partial charge in [-0.2, -0.15) is 4.68 Å². The number of cyclic esters (lactones) is 2. The number of rotatable bonds is 19. The van der Waals surface area contributed by atoms with Crippen LogP contribution in [0, 0.1) is 23.7 Å². The minimum Gasteiger partial charge on any atom is -0.457 e. The van der Waals surface area contributed by atoms with Crippen LogP contribution in [0.1, 0.15) is 158 Å². The number of pyridine rings is 2. The number of aryl methyl sites for hydroxylation is 2. The Balaban J connectivity index is 0.000000236. The maximum atomic E-state index is 13.2. The number of ether oxygens (including phenoxy) is 5. The van der Waals surface area contributed by atoms with Gasteiger partial charge in [-0.05, 0) is 179 Å². The molecular weight excluding hydrogens is 1280 g/mol. The zero-order chi connectivity index (χ0) is 71.8. The zero-order valence-electron chi connectivity index (χ0n) is 59.6. The Morgan fingerprint density at radius 3 is 1.93 bits per heavy atom. The second kappa shape index (κ2) is 37.1. The predicted octanol–water partition coefficient (Wildman–Crippen LogP) is 13.3. The van der Waals surface area contributed by atoms with Gasteiger partial charge < -0.3 is 38.3 Å². The Labute approximate surface area is 581 Å². The van der Waals surface area contributed by atoms with Crippen molar-refractivity contribution in [3.05, 3.63) is 186 Å². The lowest BCUT2D eigenvalue weighted by molar-refractivity contribution is -0.157. The van der Waals surface area contributed by atoms with Gasteiger partial charge in [0, 0.05) is 48.1 Å². The van der Waals surface area contributed by atoms with Crippen molar-refractivity contribution < 1.29 is 65.9 Å². The Morgan fingerprint density at radius 1 is 0.776 bits per heavy atom. The fraction of sp³-hybridized carbons (Fsp3) is 0.513. The molecule has 3 aromatic heterocycles. The third-order valence-corrected chi connectivity index (χ3v) is 24.7. The maximum Gasteiger partial charge on any atom is 0.309 e. The summed E-state index contributed by atoms with van der Waals surface area (Å²) in [5.41, 5.74) is 3.17. The molecule has 5 aromatic rings. The van der Waals surface area contributed by atoms with Crippen LogP contribution in [0.15, 0.2) is 174 Å². The molecule has 0 bridgehead atoms. The highest BCUT2D eigenvalue weighted by atomic mass is 32.2. The summed E-state index contributed by atoms with van der Waals surface area (Å²) in [5.74, 6) is -1.44. The first-order valence-corrected chi connectivity index (χ1v) is 38.6. The monoisotopic (exact) mass is 1380 g/mol. The van der Waals surface area contributed by atoms with Gasteiger partial charge in [0.25, 0.3) is 5.16 Å². The van der Waals surface area contributed by atoms with E-state index in [2.05, 4.69) is 79.3 Å². The van der Waals surface area contributed by atoms with Gasteiger partial charge in [-0.1, -0.05) is 151 Å². The fourth-order valence-corrected chi connectivity index (χ4v) is 14.4. The summed E-state index contributed by atoms with van der Waals surface area (Å²) in [4.78, 5) is 57.2. The highest BCUT2D eigenvalue weighted by Gasteiger charge is 2.47. The first-order valence-electron chi connectivity index (χ1n) is 34.0. The molecule has 3 unspecified atom stereocenters. The molecule has 0 saturated carbocycles. The molecule has 0 spiro atoms. The summed E-state index contributed by atoms with van der Waals surface area (Å²) >= 11 is 0. The van der Waals surface area contributed by atoms with Crippen LogP contribution in [-0.2, 0) is 70.0 Å². The molecule has 6 heterocycles. The second-order valence-corrected chi connectivity index (χ2v) is 34.9. The summed E-state index contributed by atoms with van der Waals surface area (Å²) in [6.07, 6.45) is 20.1. The molecule has 13 atom stereocenters. The molecule has 8 rings (SSSR count). The Kier molecular flexibility index (Phi) is 30.1. The number of nitrogens with zero attached hydrogens (tertiary/aromatic N) is 6. The van der Waals surface area contributed by atoms with Crippen molar-refractivity contribution in [1.29, 1.82) is 0 Å². The number of para-hydroxylation sites is 1. The van der Waals surface area contributed by atoms with Crippen LogP contribution < -0.4 is 0 Å². The number of carbonyl (C=O) groups is 4. The van der Waals surface area contributed by atoms with E-state index in [1.807, 2.05) is 144 Å². The summed E-state index contributed by atoms with van der Waals surface area (Å²) in [7, 11) is -5.75. The number of hydrogen-bond acceptors (Lipinski definition) is 19. The van der Waals surface area contributed by atoms with Crippen LogP contribution in [0.5, 0.6) is 0 Å². The highest BCUT2D eigenvalue weighted by molar-refractivity contribution is 7.91. The van der Waals surface area contributed by atoms with E-state index in [-0.39, 0.29) is 77.6 Å². The van der Waals surface area contributed by atoms with Crippen LogP contribution in [-0.4, -0.2) is 135 Å². The van der Waals surface area contributed by atoms with E-state index in [1.54, 1.807) is 43.6 Å². The lowest BCUT2D eigenvalue weighted by atomic mass is 9.88. The van der Waals surface area contributed by atoms with E-state index in [9.17, 15) is 37.8 Å². The van der Waals surface area contributed by atoms with E-state index >= 15 is 0 Å². The molecule has 2 N–H and O–H groups in total. The van der Waals surface area contributed by atoms with Crippen molar-refractivity contribution in [2.45, 2.75) is 225 Å². The number of carbonyl (C=O) groups excluding carboxylic acids is 4. The van der Waals surface area contributed by atoms with Crippen LogP contribution in [0.3, 0.4) is 0 Å². The van der Waals surface area contributed by atoms with Crippen molar-refractivity contribution in [2.75, 3.05) is 5.75 Å². The fourth-order valence-electron chi connectivity index (χ4n) is 11.4. The smallest absolute Gasteiger partial charge is 0.309 e. The molecule has 0 amide bonds. The summed E-state index contributed by atoms with van der Waals surface area (Å²) in [6.45, 7) is 27.6. The molecule has 0 radical (unpaired) electrons. The van der Waals surface area contributed by atoms with Crippen LogP contribution in [0.25, 0.3) is 5.69 Å².